The van der Waals surface area contributed by atoms with E-state index < -0.39 is 9.84 Å². The first-order valence-corrected chi connectivity index (χ1v) is 11.7. The van der Waals surface area contributed by atoms with Gasteiger partial charge in [-0.3, -0.25) is 9.69 Å². The summed E-state index contributed by atoms with van der Waals surface area (Å²) in [5.41, 5.74) is 0.671. The number of pyridine rings is 1. The lowest BCUT2D eigenvalue weighted by Crippen LogP contribution is -2.49. The Hall–Kier alpha value is -1.90. The average molecular weight is 406 g/mol. The molecule has 0 aliphatic carbocycles. The second kappa shape index (κ2) is 8.86. The van der Waals surface area contributed by atoms with Crippen LogP contribution in [0, 0.1) is 0 Å². The number of nitrogens with zero attached hydrogens (tertiary/aromatic N) is 3. The number of amides is 1. The number of piperazine rings is 1. The van der Waals surface area contributed by atoms with Gasteiger partial charge in [-0.2, -0.15) is 0 Å². The van der Waals surface area contributed by atoms with Crippen LogP contribution in [0.15, 0.2) is 58.6 Å². The van der Waals surface area contributed by atoms with E-state index in [1.807, 2.05) is 47.4 Å². The Morgan fingerprint density at radius 3 is 2.37 bits per heavy atom. The lowest BCUT2D eigenvalue weighted by Gasteiger charge is -2.34. The maximum Gasteiger partial charge on any atom is 0.253 e. The van der Waals surface area contributed by atoms with Crippen molar-refractivity contribution in [1.82, 2.24) is 14.8 Å². The molecule has 1 aliphatic rings. The first-order valence-electron chi connectivity index (χ1n) is 8.79. The van der Waals surface area contributed by atoms with E-state index in [9.17, 15) is 13.2 Å². The van der Waals surface area contributed by atoms with Gasteiger partial charge in [-0.1, -0.05) is 17.8 Å². The summed E-state index contributed by atoms with van der Waals surface area (Å²) in [6.07, 6.45) is 3.01. The molecule has 1 aromatic carbocycles. The normalized spacial score (nSPS) is 15.7. The fourth-order valence-corrected chi connectivity index (χ4v) is 4.21. The van der Waals surface area contributed by atoms with Crippen LogP contribution < -0.4 is 0 Å². The molecule has 0 atom stereocenters. The van der Waals surface area contributed by atoms with Crippen molar-refractivity contribution in [1.29, 1.82) is 0 Å². The lowest BCUT2D eigenvalue weighted by molar-refractivity contribution is 0.0644. The van der Waals surface area contributed by atoms with E-state index in [2.05, 4.69) is 9.88 Å². The van der Waals surface area contributed by atoms with E-state index in [1.54, 1.807) is 18.0 Å². The molecular weight excluding hydrogens is 382 g/mol. The minimum Gasteiger partial charge on any atom is -0.336 e. The Labute approximate surface area is 164 Å². The quantitative estimate of drug-likeness (QED) is 0.732. The number of carbonyl (C=O) groups is 1. The largest absolute Gasteiger partial charge is 0.336 e. The van der Waals surface area contributed by atoms with Crippen molar-refractivity contribution in [3.63, 3.8) is 0 Å². The summed E-state index contributed by atoms with van der Waals surface area (Å²) in [5.74, 6) is 0.184. The first-order chi connectivity index (χ1) is 12.9. The van der Waals surface area contributed by atoms with Gasteiger partial charge >= 0.3 is 0 Å². The molecule has 1 aliphatic heterocycles. The van der Waals surface area contributed by atoms with Gasteiger partial charge in [0, 0.05) is 55.6 Å². The van der Waals surface area contributed by atoms with Crippen molar-refractivity contribution < 1.29 is 13.2 Å². The van der Waals surface area contributed by atoms with E-state index in [0.29, 0.717) is 38.3 Å². The molecule has 8 heteroatoms. The van der Waals surface area contributed by atoms with Crippen molar-refractivity contribution in [2.75, 3.05) is 44.7 Å². The summed E-state index contributed by atoms with van der Waals surface area (Å²) in [7, 11) is -2.95. The molecule has 0 spiro atoms. The zero-order valence-corrected chi connectivity index (χ0v) is 16.9. The summed E-state index contributed by atoms with van der Waals surface area (Å²) in [4.78, 5) is 21.9. The lowest BCUT2D eigenvalue weighted by atomic mass is 10.2. The van der Waals surface area contributed by atoms with Crippen molar-refractivity contribution >= 4 is 27.5 Å². The predicted octanol–water partition coefficient (Wildman–Crippen LogP) is 2.04. The third-order valence-corrected chi connectivity index (χ3v) is 6.28. The molecule has 2 aromatic rings. The van der Waals surface area contributed by atoms with Crippen LogP contribution in [0.2, 0.25) is 0 Å². The number of aromatic nitrogens is 1. The molecule has 27 heavy (non-hydrogen) atoms. The molecule has 144 valence electrons. The van der Waals surface area contributed by atoms with E-state index in [1.165, 1.54) is 6.26 Å². The van der Waals surface area contributed by atoms with Crippen LogP contribution >= 0.6 is 11.8 Å². The average Bonchev–Trinajstić information content (AvgIpc) is 2.67. The zero-order valence-electron chi connectivity index (χ0n) is 15.2. The highest BCUT2D eigenvalue weighted by atomic mass is 32.2. The molecule has 2 heterocycles. The van der Waals surface area contributed by atoms with Crippen LogP contribution in [-0.4, -0.2) is 73.8 Å². The van der Waals surface area contributed by atoms with Gasteiger partial charge in [0.15, 0.2) is 0 Å². The summed E-state index contributed by atoms with van der Waals surface area (Å²) >= 11 is 1.56. The number of benzene rings is 1. The second-order valence-corrected chi connectivity index (χ2v) is 9.91. The second-order valence-electron chi connectivity index (χ2n) is 6.56. The third kappa shape index (κ3) is 6.05. The number of rotatable bonds is 6. The molecule has 0 N–H and O–H groups in total. The van der Waals surface area contributed by atoms with Gasteiger partial charge in [0.25, 0.3) is 5.91 Å². The standard InChI is InChI=1S/C19H23N3O3S2/c1-27(24,25)15-14-21-10-12-22(13-11-21)19(23)16-5-7-17(8-6-16)26-18-4-2-3-9-20-18/h2-9H,10-15H2,1H3. The van der Waals surface area contributed by atoms with Gasteiger partial charge in [0.2, 0.25) is 0 Å². The van der Waals surface area contributed by atoms with Gasteiger partial charge in [0.05, 0.1) is 5.75 Å². The van der Waals surface area contributed by atoms with Crippen LogP contribution in [0.5, 0.6) is 0 Å². The van der Waals surface area contributed by atoms with Crippen LogP contribution in [0.3, 0.4) is 0 Å². The van der Waals surface area contributed by atoms with Gasteiger partial charge in [-0.15, -0.1) is 0 Å². The fraction of sp³-hybridized carbons (Fsp3) is 0.368. The maximum atomic E-state index is 12.7. The minimum absolute atomic E-state index is 0.0205. The number of sulfone groups is 1. The molecule has 1 aromatic heterocycles. The molecule has 1 amide bonds. The molecular formula is C19H23N3O3S2. The van der Waals surface area contributed by atoms with Gasteiger partial charge in [0.1, 0.15) is 14.9 Å². The highest BCUT2D eigenvalue weighted by Crippen LogP contribution is 2.26. The van der Waals surface area contributed by atoms with Crippen molar-refractivity contribution in [2.24, 2.45) is 0 Å². The minimum atomic E-state index is -2.95. The zero-order chi connectivity index (χ0) is 19.3. The molecule has 0 saturated carbocycles. The molecule has 0 unspecified atom stereocenters. The predicted molar refractivity (Wildman–Crippen MR) is 107 cm³/mol. The van der Waals surface area contributed by atoms with Crippen molar-refractivity contribution in [2.45, 2.75) is 9.92 Å². The summed E-state index contributed by atoms with van der Waals surface area (Å²) in [6, 6.07) is 13.4. The summed E-state index contributed by atoms with van der Waals surface area (Å²) < 4.78 is 22.6. The Morgan fingerprint density at radius 1 is 1.07 bits per heavy atom. The van der Waals surface area contributed by atoms with Crippen molar-refractivity contribution in [3.05, 3.63) is 54.2 Å². The monoisotopic (exact) mass is 405 g/mol. The van der Waals surface area contributed by atoms with Crippen molar-refractivity contribution in [3.8, 4) is 0 Å². The molecule has 1 saturated heterocycles. The maximum absolute atomic E-state index is 12.7. The van der Waals surface area contributed by atoms with E-state index in [-0.39, 0.29) is 11.7 Å². The van der Waals surface area contributed by atoms with Crippen LogP contribution in [0.4, 0.5) is 0 Å². The van der Waals surface area contributed by atoms with Crippen LogP contribution in [0.1, 0.15) is 10.4 Å². The smallest absolute Gasteiger partial charge is 0.253 e. The van der Waals surface area contributed by atoms with Crippen LogP contribution in [0.25, 0.3) is 0 Å². The fourth-order valence-electron chi connectivity index (χ4n) is 2.85. The SMILES string of the molecule is CS(=O)(=O)CCN1CCN(C(=O)c2ccc(Sc3ccccn3)cc2)CC1. The first kappa shape index (κ1) is 19.9. The Balaban J connectivity index is 1.52. The Bertz CT molecular complexity index is 863. The van der Waals surface area contributed by atoms with Gasteiger partial charge < -0.3 is 4.90 Å². The molecule has 6 nitrogen and oxygen atoms in total. The summed E-state index contributed by atoms with van der Waals surface area (Å²) in [5, 5.41) is 0.918. The number of carbonyl (C=O) groups excluding carboxylic acids is 1. The highest BCUT2D eigenvalue weighted by molar-refractivity contribution is 7.99. The van der Waals surface area contributed by atoms with Gasteiger partial charge in [-0.25, -0.2) is 13.4 Å². The summed E-state index contributed by atoms with van der Waals surface area (Å²) in [6.45, 7) is 3.17. The van der Waals surface area contributed by atoms with E-state index in [4.69, 9.17) is 0 Å². The topological polar surface area (TPSA) is 70.6 Å². The third-order valence-electron chi connectivity index (χ3n) is 4.40. The van der Waals surface area contributed by atoms with Gasteiger partial charge in [-0.05, 0) is 36.4 Å². The number of hydrogen-bond donors (Lipinski definition) is 0. The molecule has 0 radical (unpaired) electrons. The van der Waals surface area contributed by atoms with E-state index >= 15 is 0 Å². The number of hydrogen-bond acceptors (Lipinski definition) is 6. The highest BCUT2D eigenvalue weighted by Gasteiger charge is 2.22. The Morgan fingerprint density at radius 2 is 1.78 bits per heavy atom. The molecule has 3 rings (SSSR count). The Kier molecular flexibility index (Phi) is 6.51. The van der Waals surface area contributed by atoms with Crippen LogP contribution in [-0.2, 0) is 9.84 Å². The molecule has 0 bridgehead atoms. The molecule has 1 fully saturated rings. The van der Waals surface area contributed by atoms with E-state index in [0.717, 1.165) is 9.92 Å².